The molecule has 192 valence electrons. The zero-order chi connectivity index (χ0) is 25.7. The van der Waals surface area contributed by atoms with E-state index >= 15 is 0 Å². The normalized spacial score (nSPS) is 15.9. The van der Waals surface area contributed by atoms with Crippen LogP contribution < -0.4 is 0 Å². The van der Waals surface area contributed by atoms with Gasteiger partial charge < -0.3 is 14.1 Å². The fourth-order valence-corrected chi connectivity index (χ4v) is 5.76. The van der Waals surface area contributed by atoms with Gasteiger partial charge in [-0.2, -0.15) is 4.31 Å². The average molecular weight is 579 g/mol. The molecule has 0 saturated carbocycles. The van der Waals surface area contributed by atoms with Crippen molar-refractivity contribution in [3.63, 3.8) is 0 Å². The first-order valence-electron chi connectivity index (χ1n) is 11.7. The molecule has 0 N–H and O–H groups in total. The molecule has 36 heavy (non-hydrogen) atoms. The summed E-state index contributed by atoms with van der Waals surface area (Å²) in [5, 5.41) is 0. The standard InChI is InChI=1S/C26H28BrFN2O5S/c1-19-4-11-24(35-19)16-29(15-20-5-9-22(28)10-6-20)26(31)18-30(17-23-3-2-14-34-23)36(32,33)25-12-7-21(27)8-13-25/h4-13,23H,2-3,14-18H2,1H3/t23-/m0/s1. The molecule has 1 atom stereocenters. The highest BCUT2D eigenvalue weighted by atomic mass is 79.9. The minimum Gasteiger partial charge on any atom is -0.464 e. The third-order valence-corrected chi connectivity index (χ3v) is 8.33. The first kappa shape index (κ1) is 26.5. The molecule has 1 amide bonds. The van der Waals surface area contributed by atoms with Crippen molar-refractivity contribution in [1.29, 1.82) is 0 Å². The molecule has 0 spiro atoms. The maximum Gasteiger partial charge on any atom is 0.243 e. The van der Waals surface area contributed by atoms with Crippen LogP contribution >= 0.6 is 15.9 Å². The topological polar surface area (TPSA) is 80.1 Å². The Labute approximate surface area is 219 Å². The number of amides is 1. The van der Waals surface area contributed by atoms with Crippen LogP contribution in [0.4, 0.5) is 4.39 Å². The fourth-order valence-electron chi connectivity index (χ4n) is 4.07. The van der Waals surface area contributed by atoms with E-state index < -0.39 is 15.9 Å². The summed E-state index contributed by atoms with van der Waals surface area (Å²) in [5.41, 5.74) is 0.717. The number of carbonyl (C=O) groups excluding carboxylic acids is 1. The molecule has 0 unspecified atom stereocenters. The number of sulfonamides is 1. The lowest BCUT2D eigenvalue weighted by Crippen LogP contribution is -2.45. The van der Waals surface area contributed by atoms with Crippen LogP contribution in [0, 0.1) is 12.7 Å². The number of carbonyl (C=O) groups is 1. The van der Waals surface area contributed by atoms with Gasteiger partial charge in [-0.1, -0.05) is 28.1 Å². The largest absolute Gasteiger partial charge is 0.464 e. The van der Waals surface area contributed by atoms with Crippen molar-refractivity contribution in [1.82, 2.24) is 9.21 Å². The lowest BCUT2D eigenvalue weighted by Gasteiger charge is -2.28. The second-order valence-electron chi connectivity index (χ2n) is 8.78. The molecular weight excluding hydrogens is 551 g/mol. The highest BCUT2D eigenvalue weighted by Gasteiger charge is 2.32. The molecular formula is C26H28BrFN2O5S. The lowest BCUT2D eigenvalue weighted by molar-refractivity contribution is -0.133. The minimum absolute atomic E-state index is 0.0778. The van der Waals surface area contributed by atoms with Crippen molar-refractivity contribution in [2.45, 2.75) is 43.9 Å². The zero-order valence-electron chi connectivity index (χ0n) is 19.9. The van der Waals surface area contributed by atoms with Gasteiger partial charge in [-0.15, -0.1) is 0 Å². The van der Waals surface area contributed by atoms with Gasteiger partial charge in [0.15, 0.2) is 0 Å². The van der Waals surface area contributed by atoms with E-state index in [-0.39, 0.29) is 43.0 Å². The molecule has 10 heteroatoms. The Morgan fingerprint density at radius 2 is 1.78 bits per heavy atom. The molecule has 1 saturated heterocycles. The maximum atomic E-state index is 13.6. The quantitative estimate of drug-likeness (QED) is 0.342. The molecule has 1 fully saturated rings. The number of hydrogen-bond acceptors (Lipinski definition) is 5. The number of halogens is 2. The SMILES string of the molecule is Cc1ccc(CN(Cc2ccc(F)cc2)C(=O)CN(C[C@@H]2CCCO2)S(=O)(=O)c2ccc(Br)cc2)o1. The molecule has 0 aliphatic carbocycles. The molecule has 7 nitrogen and oxygen atoms in total. The Hall–Kier alpha value is -2.53. The monoisotopic (exact) mass is 578 g/mol. The summed E-state index contributed by atoms with van der Waals surface area (Å²) in [7, 11) is -3.97. The molecule has 1 aliphatic heterocycles. The van der Waals surface area contributed by atoms with Crippen LogP contribution in [0.2, 0.25) is 0 Å². The van der Waals surface area contributed by atoms with Gasteiger partial charge >= 0.3 is 0 Å². The molecule has 2 heterocycles. The number of benzene rings is 2. The smallest absolute Gasteiger partial charge is 0.243 e. The Kier molecular flexibility index (Phi) is 8.61. The van der Waals surface area contributed by atoms with Crippen molar-refractivity contribution < 1.29 is 26.8 Å². The predicted octanol–water partition coefficient (Wildman–Crippen LogP) is 4.89. The first-order chi connectivity index (χ1) is 17.2. The number of rotatable bonds is 10. The van der Waals surface area contributed by atoms with E-state index in [2.05, 4.69) is 15.9 Å². The molecule has 0 bridgehead atoms. The Bertz CT molecular complexity index is 1270. The van der Waals surface area contributed by atoms with Crippen molar-refractivity contribution in [3.8, 4) is 0 Å². The maximum absolute atomic E-state index is 13.6. The Morgan fingerprint density at radius 3 is 2.39 bits per heavy atom. The van der Waals surface area contributed by atoms with E-state index in [1.807, 2.05) is 6.92 Å². The number of furan rings is 1. The number of nitrogens with zero attached hydrogens (tertiary/aromatic N) is 2. The van der Waals surface area contributed by atoms with Gasteiger partial charge in [0.25, 0.3) is 0 Å². The predicted molar refractivity (Wildman–Crippen MR) is 136 cm³/mol. The van der Waals surface area contributed by atoms with Gasteiger partial charge in [-0.3, -0.25) is 4.79 Å². The van der Waals surface area contributed by atoms with Crippen LogP contribution in [0.3, 0.4) is 0 Å². The van der Waals surface area contributed by atoms with Gasteiger partial charge in [-0.25, -0.2) is 12.8 Å². The van der Waals surface area contributed by atoms with Gasteiger partial charge in [-0.05, 0) is 73.9 Å². The van der Waals surface area contributed by atoms with Gasteiger partial charge in [0.2, 0.25) is 15.9 Å². The third-order valence-electron chi connectivity index (χ3n) is 5.98. The van der Waals surface area contributed by atoms with E-state index in [1.165, 1.54) is 33.5 Å². The van der Waals surface area contributed by atoms with Crippen molar-refractivity contribution in [2.24, 2.45) is 0 Å². The van der Waals surface area contributed by atoms with E-state index in [0.717, 1.165) is 22.9 Å². The van der Waals surface area contributed by atoms with Gasteiger partial charge in [0.1, 0.15) is 17.3 Å². The lowest BCUT2D eigenvalue weighted by atomic mass is 10.2. The molecule has 4 rings (SSSR count). The van der Waals surface area contributed by atoms with E-state index in [9.17, 15) is 17.6 Å². The summed E-state index contributed by atoms with van der Waals surface area (Å²) in [4.78, 5) is 15.2. The summed E-state index contributed by atoms with van der Waals surface area (Å²) in [6.07, 6.45) is 1.30. The van der Waals surface area contributed by atoms with E-state index in [0.29, 0.717) is 18.1 Å². The first-order valence-corrected chi connectivity index (χ1v) is 13.9. The van der Waals surface area contributed by atoms with E-state index in [1.54, 1.807) is 36.4 Å². The molecule has 1 aliphatic rings. The summed E-state index contributed by atoms with van der Waals surface area (Å²) in [6.45, 7) is 2.41. The van der Waals surface area contributed by atoms with Crippen molar-refractivity contribution in [3.05, 3.63) is 88.0 Å². The van der Waals surface area contributed by atoms with Crippen LogP contribution in [0.1, 0.15) is 29.9 Å². The summed E-state index contributed by atoms with van der Waals surface area (Å²) in [6, 6.07) is 15.8. The summed E-state index contributed by atoms with van der Waals surface area (Å²) < 4.78 is 53.9. The highest BCUT2D eigenvalue weighted by molar-refractivity contribution is 9.10. The summed E-state index contributed by atoms with van der Waals surface area (Å²) >= 11 is 3.33. The molecule has 3 aromatic rings. The average Bonchev–Trinajstić information content (AvgIpc) is 3.51. The van der Waals surface area contributed by atoms with E-state index in [4.69, 9.17) is 9.15 Å². The van der Waals surface area contributed by atoms with Crippen LogP contribution in [-0.4, -0.2) is 49.3 Å². The van der Waals surface area contributed by atoms with Crippen molar-refractivity contribution in [2.75, 3.05) is 19.7 Å². The number of hydrogen-bond donors (Lipinski definition) is 0. The fraction of sp³-hybridized carbons (Fsp3) is 0.346. The molecule has 2 aromatic carbocycles. The number of aryl methyl sites for hydroxylation is 1. The third kappa shape index (κ3) is 6.82. The summed E-state index contributed by atoms with van der Waals surface area (Å²) in [5.74, 6) is 0.509. The Balaban J connectivity index is 1.60. The van der Waals surface area contributed by atoms with Gasteiger partial charge in [0.05, 0.1) is 24.1 Å². The Morgan fingerprint density at radius 1 is 1.06 bits per heavy atom. The molecule has 1 aromatic heterocycles. The second kappa shape index (κ2) is 11.7. The highest BCUT2D eigenvalue weighted by Crippen LogP contribution is 2.23. The molecule has 0 radical (unpaired) electrons. The van der Waals surface area contributed by atoms with Crippen molar-refractivity contribution >= 4 is 31.9 Å². The van der Waals surface area contributed by atoms with Crippen LogP contribution in [0.25, 0.3) is 0 Å². The van der Waals surface area contributed by atoms with Crippen LogP contribution in [0.5, 0.6) is 0 Å². The van der Waals surface area contributed by atoms with Crippen LogP contribution in [0.15, 0.2) is 74.4 Å². The van der Waals surface area contributed by atoms with Gasteiger partial charge in [0, 0.05) is 24.2 Å². The minimum atomic E-state index is -3.97. The zero-order valence-corrected chi connectivity index (χ0v) is 22.3. The second-order valence-corrected chi connectivity index (χ2v) is 11.6. The number of ether oxygens (including phenoxy) is 1. The van der Waals surface area contributed by atoms with Crippen LogP contribution in [-0.2, 0) is 32.6 Å².